The Morgan fingerprint density at radius 3 is 2.74 bits per heavy atom. The number of benzene rings is 1. The van der Waals surface area contributed by atoms with E-state index < -0.39 is 0 Å². The van der Waals surface area contributed by atoms with Crippen LogP contribution in [0.15, 0.2) is 36.7 Å². The molecule has 0 aliphatic heterocycles. The number of ether oxygens (including phenoxy) is 2. The van der Waals surface area contributed by atoms with E-state index >= 15 is 0 Å². The van der Waals surface area contributed by atoms with Gasteiger partial charge in [0.05, 0.1) is 20.3 Å². The van der Waals surface area contributed by atoms with Gasteiger partial charge in [-0.05, 0) is 37.1 Å². The Labute approximate surface area is 136 Å². The first-order valence-electron chi connectivity index (χ1n) is 7.60. The van der Waals surface area contributed by atoms with Gasteiger partial charge in [-0.25, -0.2) is 0 Å². The molecule has 124 valence electrons. The number of rotatable bonds is 8. The van der Waals surface area contributed by atoms with Crippen LogP contribution >= 0.6 is 0 Å². The Balaban J connectivity index is 1.79. The molecule has 0 fully saturated rings. The number of aromatic nitrogens is 2. The van der Waals surface area contributed by atoms with E-state index in [1.54, 1.807) is 25.1 Å². The zero-order valence-electron chi connectivity index (χ0n) is 13.8. The molecule has 1 aromatic heterocycles. The largest absolute Gasteiger partial charge is 0.493 e. The van der Waals surface area contributed by atoms with Crippen molar-refractivity contribution < 1.29 is 14.3 Å². The zero-order valence-corrected chi connectivity index (χ0v) is 13.8. The number of amides is 1. The van der Waals surface area contributed by atoms with Crippen LogP contribution in [0.1, 0.15) is 24.9 Å². The first kappa shape index (κ1) is 16.9. The summed E-state index contributed by atoms with van der Waals surface area (Å²) in [5, 5.41) is 7.08. The van der Waals surface area contributed by atoms with E-state index in [1.807, 2.05) is 37.4 Å². The van der Waals surface area contributed by atoms with Gasteiger partial charge in [0.2, 0.25) is 5.91 Å². The Kier molecular flexibility index (Phi) is 6.02. The highest BCUT2D eigenvalue weighted by molar-refractivity contribution is 5.76. The van der Waals surface area contributed by atoms with Crippen molar-refractivity contribution in [1.29, 1.82) is 0 Å². The molecule has 1 heterocycles. The quantitative estimate of drug-likeness (QED) is 0.811. The van der Waals surface area contributed by atoms with Gasteiger partial charge in [0.25, 0.3) is 0 Å². The molecule has 2 aromatic rings. The summed E-state index contributed by atoms with van der Waals surface area (Å²) in [5.74, 6) is 1.42. The third-order valence-electron chi connectivity index (χ3n) is 3.64. The summed E-state index contributed by atoms with van der Waals surface area (Å²) in [5.41, 5.74) is 1.09. The van der Waals surface area contributed by atoms with Crippen molar-refractivity contribution >= 4 is 5.91 Å². The van der Waals surface area contributed by atoms with E-state index in [9.17, 15) is 4.79 Å². The Morgan fingerprint density at radius 1 is 1.30 bits per heavy atom. The van der Waals surface area contributed by atoms with Crippen LogP contribution in [-0.2, 0) is 11.2 Å². The number of hydrogen-bond acceptors (Lipinski definition) is 4. The van der Waals surface area contributed by atoms with Crippen LogP contribution in [-0.4, -0.2) is 36.5 Å². The monoisotopic (exact) mass is 317 g/mol. The number of carbonyl (C=O) groups excluding carboxylic acids is 1. The molecule has 0 unspecified atom stereocenters. The third kappa shape index (κ3) is 4.74. The maximum Gasteiger partial charge on any atom is 0.222 e. The minimum absolute atomic E-state index is 0.0217. The molecular weight excluding hydrogens is 294 g/mol. The first-order chi connectivity index (χ1) is 11.1. The molecule has 1 atom stereocenters. The number of nitrogens with zero attached hydrogens (tertiary/aromatic N) is 2. The fourth-order valence-electron chi connectivity index (χ4n) is 2.36. The summed E-state index contributed by atoms with van der Waals surface area (Å²) in [6, 6.07) is 7.67. The molecule has 2 rings (SSSR count). The number of methoxy groups -OCH3 is 2. The van der Waals surface area contributed by atoms with Gasteiger partial charge in [-0.1, -0.05) is 6.07 Å². The van der Waals surface area contributed by atoms with Crippen molar-refractivity contribution in [2.75, 3.05) is 20.8 Å². The van der Waals surface area contributed by atoms with Crippen LogP contribution in [0.5, 0.6) is 11.5 Å². The fourth-order valence-corrected chi connectivity index (χ4v) is 2.36. The summed E-state index contributed by atoms with van der Waals surface area (Å²) in [6.07, 6.45) is 4.73. The molecule has 1 aromatic carbocycles. The minimum Gasteiger partial charge on any atom is -0.493 e. The number of nitrogens with one attached hydrogen (secondary N) is 1. The van der Waals surface area contributed by atoms with E-state index in [4.69, 9.17) is 9.47 Å². The van der Waals surface area contributed by atoms with Crippen molar-refractivity contribution in [1.82, 2.24) is 15.1 Å². The fraction of sp³-hybridized carbons (Fsp3) is 0.412. The Hall–Kier alpha value is -2.50. The van der Waals surface area contributed by atoms with Crippen LogP contribution in [0.2, 0.25) is 0 Å². The van der Waals surface area contributed by atoms with Crippen molar-refractivity contribution in [3.05, 3.63) is 42.2 Å². The van der Waals surface area contributed by atoms with Crippen molar-refractivity contribution in [2.45, 2.75) is 25.8 Å². The second kappa shape index (κ2) is 8.22. The second-order valence-electron chi connectivity index (χ2n) is 5.33. The van der Waals surface area contributed by atoms with Crippen LogP contribution in [0.4, 0.5) is 0 Å². The third-order valence-corrected chi connectivity index (χ3v) is 3.64. The van der Waals surface area contributed by atoms with Gasteiger partial charge in [-0.2, -0.15) is 5.10 Å². The maximum absolute atomic E-state index is 12.0. The summed E-state index contributed by atoms with van der Waals surface area (Å²) in [6.45, 7) is 2.56. The van der Waals surface area contributed by atoms with Gasteiger partial charge in [0.15, 0.2) is 11.5 Å². The van der Waals surface area contributed by atoms with Gasteiger partial charge < -0.3 is 14.8 Å². The van der Waals surface area contributed by atoms with Crippen LogP contribution < -0.4 is 14.8 Å². The molecule has 0 saturated carbocycles. The molecule has 0 aliphatic carbocycles. The molecule has 0 spiro atoms. The molecule has 0 radical (unpaired) electrons. The zero-order chi connectivity index (χ0) is 16.7. The van der Waals surface area contributed by atoms with Crippen molar-refractivity contribution in [2.24, 2.45) is 0 Å². The number of carbonyl (C=O) groups is 1. The predicted molar refractivity (Wildman–Crippen MR) is 87.8 cm³/mol. The average Bonchev–Trinajstić information content (AvgIpc) is 3.09. The lowest BCUT2D eigenvalue weighted by atomic mass is 10.1. The van der Waals surface area contributed by atoms with Crippen LogP contribution in [0, 0.1) is 0 Å². The first-order valence-corrected chi connectivity index (χ1v) is 7.60. The minimum atomic E-state index is 0.0217. The average molecular weight is 317 g/mol. The molecule has 0 aliphatic rings. The van der Waals surface area contributed by atoms with Gasteiger partial charge in [-0.15, -0.1) is 0 Å². The molecule has 0 bridgehead atoms. The SMILES string of the molecule is COc1ccc(CCNC(=O)C[C@@H](C)n2cccn2)cc1OC. The molecule has 1 N–H and O–H groups in total. The molecule has 6 nitrogen and oxygen atoms in total. The molecule has 0 saturated heterocycles. The predicted octanol–water partition coefficient (Wildman–Crippen LogP) is 2.21. The lowest BCUT2D eigenvalue weighted by molar-refractivity contribution is -0.121. The summed E-state index contributed by atoms with van der Waals surface area (Å²) >= 11 is 0. The Bertz CT molecular complexity index is 626. The van der Waals surface area contributed by atoms with E-state index in [0.29, 0.717) is 24.5 Å². The highest BCUT2D eigenvalue weighted by Crippen LogP contribution is 2.27. The van der Waals surface area contributed by atoms with E-state index in [0.717, 1.165) is 12.0 Å². The molecular formula is C17H23N3O3. The molecule has 6 heteroatoms. The lowest BCUT2D eigenvalue weighted by Gasteiger charge is -2.13. The second-order valence-corrected chi connectivity index (χ2v) is 5.33. The standard InChI is InChI=1S/C17H23N3O3/c1-13(20-10-4-8-19-20)11-17(21)18-9-7-14-5-6-15(22-2)16(12-14)23-3/h4-6,8,10,12-13H,7,9,11H2,1-3H3,(H,18,21)/t13-/m1/s1. The van der Waals surface area contributed by atoms with Crippen LogP contribution in [0.25, 0.3) is 0 Å². The highest BCUT2D eigenvalue weighted by atomic mass is 16.5. The molecule has 1 amide bonds. The number of hydrogen-bond donors (Lipinski definition) is 1. The van der Waals surface area contributed by atoms with E-state index in [-0.39, 0.29) is 11.9 Å². The topological polar surface area (TPSA) is 65.4 Å². The van der Waals surface area contributed by atoms with E-state index in [1.165, 1.54) is 0 Å². The summed E-state index contributed by atoms with van der Waals surface area (Å²) in [4.78, 5) is 12.0. The maximum atomic E-state index is 12.0. The van der Waals surface area contributed by atoms with Gasteiger partial charge in [0.1, 0.15) is 0 Å². The normalized spacial score (nSPS) is 11.8. The van der Waals surface area contributed by atoms with Gasteiger partial charge in [0, 0.05) is 25.4 Å². The highest BCUT2D eigenvalue weighted by Gasteiger charge is 2.10. The smallest absolute Gasteiger partial charge is 0.222 e. The van der Waals surface area contributed by atoms with Gasteiger partial charge >= 0.3 is 0 Å². The van der Waals surface area contributed by atoms with Gasteiger partial charge in [-0.3, -0.25) is 9.48 Å². The van der Waals surface area contributed by atoms with Crippen molar-refractivity contribution in [3.63, 3.8) is 0 Å². The Morgan fingerprint density at radius 2 is 2.09 bits per heavy atom. The van der Waals surface area contributed by atoms with Crippen LogP contribution in [0.3, 0.4) is 0 Å². The van der Waals surface area contributed by atoms with Crippen molar-refractivity contribution in [3.8, 4) is 11.5 Å². The summed E-state index contributed by atoms with van der Waals surface area (Å²) < 4.78 is 12.3. The lowest BCUT2D eigenvalue weighted by Crippen LogP contribution is -2.27. The van der Waals surface area contributed by atoms with E-state index in [2.05, 4.69) is 10.4 Å². The molecule has 23 heavy (non-hydrogen) atoms. The summed E-state index contributed by atoms with van der Waals surface area (Å²) in [7, 11) is 3.22.